The van der Waals surface area contributed by atoms with Gasteiger partial charge < -0.3 is 14.6 Å². The summed E-state index contributed by atoms with van der Waals surface area (Å²) in [6, 6.07) is 0.539. The highest BCUT2D eigenvalue weighted by Gasteiger charge is 2.08. The second-order valence-electron chi connectivity index (χ2n) is 4.45. The highest BCUT2D eigenvalue weighted by Crippen LogP contribution is 2.16. The summed E-state index contributed by atoms with van der Waals surface area (Å²) in [5, 5.41) is 3.35. The largest absolute Gasteiger partial charge is 0.383 e. The number of imidazole rings is 1. The Hall–Kier alpha value is -0.870. The standard InChI is InChI=1S/C13H25N3O/c1-4-5-6-12(2)16-11-15-10-13(16)9-14-7-8-17-3/h10-12,14H,4-9H2,1-3H3. The van der Waals surface area contributed by atoms with E-state index >= 15 is 0 Å². The van der Waals surface area contributed by atoms with Crippen molar-refractivity contribution >= 4 is 0 Å². The minimum Gasteiger partial charge on any atom is -0.383 e. The monoisotopic (exact) mass is 239 g/mol. The average molecular weight is 239 g/mol. The highest BCUT2D eigenvalue weighted by atomic mass is 16.5. The Morgan fingerprint density at radius 2 is 2.35 bits per heavy atom. The zero-order valence-electron chi connectivity index (χ0n) is 11.3. The third-order valence-electron chi connectivity index (χ3n) is 2.99. The van der Waals surface area contributed by atoms with E-state index in [0.717, 1.165) is 19.7 Å². The first kappa shape index (κ1) is 14.2. The lowest BCUT2D eigenvalue weighted by Gasteiger charge is -2.16. The van der Waals surface area contributed by atoms with Crippen LogP contribution in [0.3, 0.4) is 0 Å². The summed E-state index contributed by atoms with van der Waals surface area (Å²) in [6.07, 6.45) is 7.63. The predicted octanol–water partition coefficient (Wildman–Crippen LogP) is 2.37. The first-order chi connectivity index (χ1) is 8.29. The molecule has 0 fully saturated rings. The lowest BCUT2D eigenvalue weighted by Crippen LogP contribution is -2.21. The summed E-state index contributed by atoms with van der Waals surface area (Å²) in [6.45, 7) is 6.98. The van der Waals surface area contributed by atoms with Gasteiger partial charge in [-0.15, -0.1) is 0 Å². The van der Waals surface area contributed by atoms with E-state index in [1.807, 2.05) is 12.5 Å². The molecule has 0 aliphatic heterocycles. The van der Waals surface area contributed by atoms with E-state index in [2.05, 4.69) is 28.7 Å². The molecule has 1 rings (SSSR count). The maximum atomic E-state index is 5.01. The van der Waals surface area contributed by atoms with Crippen molar-refractivity contribution in [1.82, 2.24) is 14.9 Å². The van der Waals surface area contributed by atoms with Crippen LogP contribution in [-0.4, -0.2) is 29.8 Å². The Labute approximate surface area is 104 Å². The lowest BCUT2D eigenvalue weighted by molar-refractivity contribution is 0.199. The number of nitrogens with one attached hydrogen (secondary N) is 1. The van der Waals surface area contributed by atoms with E-state index in [9.17, 15) is 0 Å². The quantitative estimate of drug-likeness (QED) is 0.672. The fraction of sp³-hybridized carbons (Fsp3) is 0.769. The summed E-state index contributed by atoms with van der Waals surface area (Å²) in [5.41, 5.74) is 1.25. The van der Waals surface area contributed by atoms with Gasteiger partial charge in [0.15, 0.2) is 0 Å². The van der Waals surface area contributed by atoms with E-state index < -0.39 is 0 Å². The van der Waals surface area contributed by atoms with Gasteiger partial charge in [-0.25, -0.2) is 4.98 Å². The third-order valence-corrected chi connectivity index (χ3v) is 2.99. The van der Waals surface area contributed by atoms with Crippen LogP contribution < -0.4 is 5.32 Å². The molecular weight excluding hydrogens is 214 g/mol. The minimum atomic E-state index is 0.539. The second kappa shape index (κ2) is 8.25. The molecule has 0 radical (unpaired) electrons. The van der Waals surface area contributed by atoms with Crippen molar-refractivity contribution in [3.05, 3.63) is 18.2 Å². The average Bonchev–Trinajstić information content (AvgIpc) is 2.80. The number of aromatic nitrogens is 2. The van der Waals surface area contributed by atoms with Crippen molar-refractivity contribution in [1.29, 1.82) is 0 Å². The molecule has 1 heterocycles. The van der Waals surface area contributed by atoms with Gasteiger partial charge in [0, 0.05) is 32.4 Å². The summed E-state index contributed by atoms with van der Waals surface area (Å²) in [7, 11) is 1.72. The van der Waals surface area contributed by atoms with Gasteiger partial charge in [0.1, 0.15) is 0 Å². The first-order valence-corrected chi connectivity index (χ1v) is 6.50. The normalized spacial score (nSPS) is 12.9. The molecule has 0 bridgehead atoms. The number of hydrogen-bond acceptors (Lipinski definition) is 3. The van der Waals surface area contributed by atoms with Crippen LogP contribution in [0.25, 0.3) is 0 Å². The maximum absolute atomic E-state index is 5.01. The Morgan fingerprint density at radius 3 is 3.06 bits per heavy atom. The summed E-state index contributed by atoms with van der Waals surface area (Å²) in [5.74, 6) is 0. The molecule has 1 N–H and O–H groups in total. The van der Waals surface area contributed by atoms with E-state index in [-0.39, 0.29) is 0 Å². The summed E-state index contributed by atoms with van der Waals surface area (Å²) < 4.78 is 7.28. The molecule has 0 saturated heterocycles. The van der Waals surface area contributed by atoms with Crippen molar-refractivity contribution in [3.8, 4) is 0 Å². The van der Waals surface area contributed by atoms with Gasteiger partial charge in [-0.05, 0) is 13.3 Å². The number of hydrogen-bond donors (Lipinski definition) is 1. The molecule has 0 amide bonds. The predicted molar refractivity (Wildman–Crippen MR) is 70.0 cm³/mol. The van der Waals surface area contributed by atoms with Gasteiger partial charge in [-0.1, -0.05) is 19.8 Å². The number of methoxy groups -OCH3 is 1. The number of rotatable bonds is 9. The zero-order chi connectivity index (χ0) is 12.5. The topological polar surface area (TPSA) is 39.1 Å². The first-order valence-electron chi connectivity index (χ1n) is 6.50. The molecule has 0 spiro atoms. The van der Waals surface area contributed by atoms with Crippen LogP contribution in [0.5, 0.6) is 0 Å². The molecular formula is C13H25N3O. The maximum Gasteiger partial charge on any atom is 0.0951 e. The van der Waals surface area contributed by atoms with E-state index in [4.69, 9.17) is 4.74 Å². The third kappa shape index (κ3) is 4.88. The van der Waals surface area contributed by atoms with Crippen LogP contribution in [0, 0.1) is 0 Å². The number of unbranched alkanes of at least 4 members (excludes halogenated alkanes) is 1. The molecule has 0 aliphatic rings. The van der Waals surface area contributed by atoms with Crippen LogP contribution in [-0.2, 0) is 11.3 Å². The van der Waals surface area contributed by atoms with Crippen LogP contribution in [0.4, 0.5) is 0 Å². The van der Waals surface area contributed by atoms with Crippen molar-refractivity contribution in [2.24, 2.45) is 0 Å². The van der Waals surface area contributed by atoms with Gasteiger partial charge >= 0.3 is 0 Å². The van der Waals surface area contributed by atoms with Gasteiger partial charge in [0.05, 0.1) is 18.6 Å². The van der Waals surface area contributed by atoms with Crippen LogP contribution in [0.2, 0.25) is 0 Å². The van der Waals surface area contributed by atoms with Crippen molar-refractivity contribution in [2.45, 2.75) is 45.7 Å². The van der Waals surface area contributed by atoms with Gasteiger partial charge in [-0.2, -0.15) is 0 Å². The minimum absolute atomic E-state index is 0.539. The summed E-state index contributed by atoms with van der Waals surface area (Å²) >= 11 is 0. The van der Waals surface area contributed by atoms with Crippen molar-refractivity contribution in [3.63, 3.8) is 0 Å². The molecule has 1 aromatic rings. The number of ether oxygens (including phenoxy) is 1. The Balaban J connectivity index is 2.41. The van der Waals surface area contributed by atoms with E-state index in [0.29, 0.717) is 6.04 Å². The fourth-order valence-electron chi connectivity index (χ4n) is 1.90. The lowest BCUT2D eigenvalue weighted by atomic mass is 10.1. The van der Waals surface area contributed by atoms with Gasteiger partial charge in [-0.3, -0.25) is 0 Å². The van der Waals surface area contributed by atoms with E-state index in [1.165, 1.54) is 25.0 Å². The Bertz CT molecular complexity index is 299. The zero-order valence-corrected chi connectivity index (χ0v) is 11.3. The summed E-state index contributed by atoms with van der Waals surface area (Å²) in [4.78, 5) is 4.24. The van der Waals surface area contributed by atoms with E-state index in [1.54, 1.807) is 7.11 Å². The molecule has 1 unspecified atom stereocenters. The molecule has 0 aromatic carbocycles. The highest BCUT2D eigenvalue weighted by molar-refractivity contribution is 4.99. The Morgan fingerprint density at radius 1 is 1.53 bits per heavy atom. The second-order valence-corrected chi connectivity index (χ2v) is 4.45. The molecule has 4 nitrogen and oxygen atoms in total. The van der Waals surface area contributed by atoms with Gasteiger partial charge in [0.25, 0.3) is 0 Å². The molecule has 98 valence electrons. The molecule has 1 atom stereocenters. The Kier molecular flexibility index (Phi) is 6.89. The van der Waals surface area contributed by atoms with Crippen LogP contribution >= 0.6 is 0 Å². The van der Waals surface area contributed by atoms with Crippen molar-refractivity contribution < 1.29 is 4.74 Å². The molecule has 4 heteroatoms. The van der Waals surface area contributed by atoms with Gasteiger partial charge in [0.2, 0.25) is 0 Å². The molecule has 17 heavy (non-hydrogen) atoms. The van der Waals surface area contributed by atoms with Crippen LogP contribution in [0.1, 0.15) is 44.8 Å². The van der Waals surface area contributed by atoms with Crippen LogP contribution in [0.15, 0.2) is 12.5 Å². The number of nitrogens with zero attached hydrogens (tertiary/aromatic N) is 2. The van der Waals surface area contributed by atoms with Crippen molar-refractivity contribution in [2.75, 3.05) is 20.3 Å². The molecule has 1 aromatic heterocycles. The molecule has 0 aliphatic carbocycles. The fourth-order valence-corrected chi connectivity index (χ4v) is 1.90. The SMILES string of the molecule is CCCCC(C)n1cncc1CNCCOC. The molecule has 0 saturated carbocycles. The smallest absolute Gasteiger partial charge is 0.0951 e.